The number of benzene rings is 1. The molecule has 0 aromatic heterocycles. The van der Waals surface area contributed by atoms with E-state index in [0.29, 0.717) is 11.1 Å². The Balaban J connectivity index is 2.43. The monoisotopic (exact) mass is 192 g/mol. The van der Waals surface area contributed by atoms with Crippen molar-refractivity contribution in [3.05, 3.63) is 35.4 Å². The number of nitrogens with zero attached hydrogens (tertiary/aromatic N) is 1. The van der Waals surface area contributed by atoms with Crippen molar-refractivity contribution in [3.8, 4) is 0 Å². The molecular formula is C10H8FNO2. The third kappa shape index (κ3) is 1.11. The first-order valence-electron chi connectivity index (χ1n) is 4.27. The van der Waals surface area contributed by atoms with Gasteiger partial charge in [0, 0.05) is 0 Å². The minimum atomic E-state index is -0.703. The van der Waals surface area contributed by atoms with Crippen LogP contribution in [0.5, 0.6) is 0 Å². The van der Waals surface area contributed by atoms with Crippen LogP contribution in [-0.4, -0.2) is 29.9 Å². The van der Waals surface area contributed by atoms with Crippen LogP contribution in [0.1, 0.15) is 20.7 Å². The third-order valence-corrected chi connectivity index (χ3v) is 2.19. The Morgan fingerprint density at radius 3 is 2.00 bits per heavy atom. The predicted molar refractivity (Wildman–Crippen MR) is 47.8 cm³/mol. The summed E-state index contributed by atoms with van der Waals surface area (Å²) in [5.74, 6) is -0.800. The number of hydrogen-bond donors (Lipinski definition) is 0. The lowest BCUT2D eigenvalue weighted by Crippen LogP contribution is -2.31. The van der Waals surface area contributed by atoms with Crippen molar-refractivity contribution in [1.82, 2.24) is 4.90 Å². The summed E-state index contributed by atoms with van der Waals surface area (Å²) in [6.45, 7) is -0.863. The molecular weight excluding hydrogens is 184 g/mol. The van der Waals surface area contributed by atoms with E-state index < -0.39 is 18.5 Å². The van der Waals surface area contributed by atoms with Crippen LogP contribution < -0.4 is 0 Å². The highest BCUT2D eigenvalue weighted by atomic mass is 18.2. The zero-order valence-electron chi connectivity index (χ0n) is 7.37. The lowest BCUT2D eigenvalue weighted by atomic mass is 10.1. The van der Waals surface area contributed by atoms with E-state index in [1.165, 1.54) is 0 Å². The van der Waals surface area contributed by atoms with Crippen LogP contribution in [0.4, 0.5) is 4.39 Å². The molecule has 0 saturated carbocycles. The largest absolute Gasteiger partial charge is 0.272 e. The normalized spacial score (nSPS) is 14.8. The highest BCUT2D eigenvalue weighted by Gasteiger charge is 2.34. The first-order chi connectivity index (χ1) is 6.75. The van der Waals surface area contributed by atoms with Crippen LogP contribution in [0, 0.1) is 0 Å². The Hall–Kier alpha value is -1.71. The number of carbonyl (C=O) groups excluding carboxylic acids is 2. The lowest BCUT2D eigenvalue weighted by molar-refractivity contribution is 0.0644. The van der Waals surface area contributed by atoms with Gasteiger partial charge in [0.1, 0.15) is 6.67 Å². The third-order valence-electron chi connectivity index (χ3n) is 2.19. The van der Waals surface area contributed by atoms with E-state index in [1.54, 1.807) is 24.3 Å². The van der Waals surface area contributed by atoms with Gasteiger partial charge in [-0.25, -0.2) is 4.39 Å². The summed E-state index contributed by atoms with van der Waals surface area (Å²) < 4.78 is 12.1. The van der Waals surface area contributed by atoms with E-state index in [1.807, 2.05) is 0 Å². The molecule has 1 aromatic rings. The molecule has 0 saturated heterocycles. The number of rotatable bonds is 2. The highest BCUT2D eigenvalue weighted by molar-refractivity contribution is 6.21. The average molecular weight is 192 g/mol. The topological polar surface area (TPSA) is 37.4 Å². The zero-order valence-corrected chi connectivity index (χ0v) is 7.37. The second-order valence-corrected chi connectivity index (χ2v) is 3.00. The van der Waals surface area contributed by atoms with Crippen molar-refractivity contribution in [1.29, 1.82) is 0 Å². The van der Waals surface area contributed by atoms with E-state index in [2.05, 4.69) is 0 Å². The van der Waals surface area contributed by atoms with Crippen LogP contribution in [0.3, 0.4) is 0 Å². The summed E-state index contributed by atoms with van der Waals surface area (Å²) in [6, 6.07) is 6.52. The van der Waals surface area contributed by atoms with E-state index >= 15 is 0 Å². The van der Waals surface area contributed by atoms with Gasteiger partial charge in [0.25, 0.3) is 11.8 Å². The fraction of sp³-hybridized carbons (Fsp3) is 0.200. The van der Waals surface area contributed by atoms with Gasteiger partial charge in [0.2, 0.25) is 0 Å². The minimum absolute atomic E-state index is 0.160. The second-order valence-electron chi connectivity index (χ2n) is 3.00. The van der Waals surface area contributed by atoms with Crippen molar-refractivity contribution in [2.75, 3.05) is 13.2 Å². The number of halogens is 1. The average Bonchev–Trinajstić information content (AvgIpc) is 2.45. The Morgan fingerprint density at radius 2 is 1.57 bits per heavy atom. The van der Waals surface area contributed by atoms with Gasteiger partial charge in [0.15, 0.2) is 0 Å². The molecule has 0 aliphatic carbocycles. The molecule has 1 aromatic carbocycles. The van der Waals surface area contributed by atoms with Gasteiger partial charge >= 0.3 is 0 Å². The van der Waals surface area contributed by atoms with Gasteiger partial charge in [-0.1, -0.05) is 12.1 Å². The quantitative estimate of drug-likeness (QED) is 0.661. The van der Waals surface area contributed by atoms with Gasteiger partial charge in [-0.05, 0) is 12.1 Å². The maximum absolute atomic E-state index is 12.1. The molecule has 1 heterocycles. The van der Waals surface area contributed by atoms with Crippen molar-refractivity contribution in [3.63, 3.8) is 0 Å². The van der Waals surface area contributed by atoms with Crippen molar-refractivity contribution < 1.29 is 14.0 Å². The number of amides is 2. The molecule has 0 radical (unpaired) electrons. The van der Waals surface area contributed by atoms with Crippen LogP contribution in [0.15, 0.2) is 24.3 Å². The molecule has 1 aliphatic heterocycles. The smallest absolute Gasteiger partial charge is 0.261 e. The van der Waals surface area contributed by atoms with E-state index in [9.17, 15) is 14.0 Å². The molecule has 14 heavy (non-hydrogen) atoms. The summed E-state index contributed by atoms with van der Waals surface area (Å²) in [7, 11) is 0. The standard InChI is InChI=1S/C10H8FNO2/c11-5-6-12-9(13)7-3-1-2-4-8(7)10(12)14/h1-4H,5-6H2/i11-1. The summed E-state index contributed by atoms with van der Waals surface area (Å²) in [5.41, 5.74) is 0.733. The van der Waals surface area contributed by atoms with Gasteiger partial charge < -0.3 is 0 Å². The molecule has 72 valence electrons. The molecule has 2 amide bonds. The number of hydrogen-bond acceptors (Lipinski definition) is 2. The summed E-state index contributed by atoms with van der Waals surface area (Å²) in [6.07, 6.45) is 0. The fourth-order valence-corrected chi connectivity index (χ4v) is 1.53. The predicted octanol–water partition coefficient (Wildman–Crippen LogP) is 1.25. The van der Waals surface area contributed by atoms with Crippen molar-refractivity contribution >= 4 is 11.8 Å². The van der Waals surface area contributed by atoms with Crippen LogP contribution >= 0.6 is 0 Å². The molecule has 1 aliphatic rings. The van der Waals surface area contributed by atoms with Crippen LogP contribution in [0.2, 0.25) is 0 Å². The summed E-state index contributed by atoms with van der Waals surface area (Å²) in [4.78, 5) is 24.0. The lowest BCUT2D eigenvalue weighted by Gasteiger charge is -2.09. The Morgan fingerprint density at radius 1 is 1.07 bits per heavy atom. The molecule has 0 fully saturated rings. The Kier molecular flexibility index (Phi) is 2.04. The maximum Gasteiger partial charge on any atom is 0.261 e. The first kappa shape index (κ1) is 8.87. The zero-order chi connectivity index (χ0) is 10.1. The molecule has 4 heteroatoms. The summed E-state index contributed by atoms with van der Waals surface area (Å²) >= 11 is 0. The van der Waals surface area contributed by atoms with Crippen LogP contribution in [0.25, 0.3) is 0 Å². The van der Waals surface area contributed by atoms with E-state index in [4.69, 9.17) is 0 Å². The van der Waals surface area contributed by atoms with Crippen molar-refractivity contribution in [2.24, 2.45) is 0 Å². The Labute approximate surface area is 80.1 Å². The van der Waals surface area contributed by atoms with Gasteiger partial charge in [-0.15, -0.1) is 0 Å². The van der Waals surface area contributed by atoms with Crippen molar-refractivity contribution in [2.45, 2.75) is 0 Å². The SMILES string of the molecule is O=C1c2ccccc2C(=O)N1CC[18F]. The van der Waals surface area contributed by atoms with E-state index in [0.717, 1.165) is 4.90 Å². The van der Waals surface area contributed by atoms with Gasteiger partial charge in [-0.3, -0.25) is 14.5 Å². The van der Waals surface area contributed by atoms with Crippen LogP contribution in [-0.2, 0) is 0 Å². The molecule has 0 unspecified atom stereocenters. The number of fused-ring (bicyclic) bond motifs is 1. The number of imide groups is 1. The van der Waals surface area contributed by atoms with Gasteiger partial charge in [-0.2, -0.15) is 0 Å². The Bertz CT molecular complexity index is 368. The second kappa shape index (κ2) is 3.21. The molecule has 0 N–H and O–H groups in total. The van der Waals surface area contributed by atoms with Gasteiger partial charge in [0.05, 0.1) is 17.7 Å². The molecule has 2 rings (SSSR count). The maximum atomic E-state index is 12.1. The molecule has 0 atom stereocenters. The number of carbonyl (C=O) groups is 2. The molecule has 3 nitrogen and oxygen atoms in total. The molecule has 0 bridgehead atoms. The van der Waals surface area contributed by atoms with E-state index in [-0.39, 0.29) is 6.54 Å². The summed E-state index contributed by atoms with van der Waals surface area (Å²) in [5, 5.41) is 0. The fourth-order valence-electron chi connectivity index (χ4n) is 1.53. The highest BCUT2D eigenvalue weighted by Crippen LogP contribution is 2.21. The minimum Gasteiger partial charge on any atom is -0.272 e. The first-order valence-corrected chi connectivity index (χ1v) is 4.27. The number of alkyl halides is 1. The molecule has 0 spiro atoms.